The molecule has 0 unspecified atom stereocenters. The van der Waals surface area contributed by atoms with Crippen LogP contribution in [0.4, 0.5) is 27.8 Å². The fourth-order valence-electron chi connectivity index (χ4n) is 3.39. The van der Waals surface area contributed by atoms with Gasteiger partial charge in [-0.1, -0.05) is 23.4 Å². The number of ether oxygens (including phenoxy) is 1. The van der Waals surface area contributed by atoms with Gasteiger partial charge in [0, 0.05) is 31.9 Å². The van der Waals surface area contributed by atoms with Gasteiger partial charge in [-0.25, -0.2) is 20.6 Å². The Labute approximate surface area is 207 Å². The zero-order valence-electron chi connectivity index (χ0n) is 19.5. The van der Waals surface area contributed by atoms with Gasteiger partial charge in [0.2, 0.25) is 0 Å². The second-order valence-electron chi connectivity index (χ2n) is 8.54. The van der Waals surface area contributed by atoms with Gasteiger partial charge in [-0.2, -0.15) is 0 Å². The Balaban J connectivity index is 1.75. The lowest BCUT2D eigenvalue weighted by molar-refractivity contribution is 0.0240. The number of hydrogen-bond donors (Lipinski definition) is 4. The second kappa shape index (κ2) is 10.5. The van der Waals surface area contributed by atoms with Crippen molar-refractivity contribution >= 4 is 58.4 Å². The van der Waals surface area contributed by atoms with E-state index < -0.39 is 11.5 Å². The molecule has 0 radical (unpaired) electrons. The molecule has 1 fully saturated rings. The highest BCUT2D eigenvalue weighted by atomic mass is 35.5. The van der Waals surface area contributed by atoms with Crippen molar-refractivity contribution in [3.8, 4) is 0 Å². The van der Waals surface area contributed by atoms with Gasteiger partial charge >= 0.3 is 6.09 Å². The summed E-state index contributed by atoms with van der Waals surface area (Å²) >= 11 is 7.88. The quantitative estimate of drug-likeness (QED) is 0.198. The Hall–Kier alpha value is -2.96. The van der Waals surface area contributed by atoms with E-state index in [0.29, 0.717) is 42.0 Å². The third-order valence-electron chi connectivity index (χ3n) is 4.94. The van der Waals surface area contributed by atoms with Crippen molar-refractivity contribution < 1.29 is 14.3 Å². The fourth-order valence-corrected chi connectivity index (χ4v) is 4.06. The molecule has 2 aromatic rings. The van der Waals surface area contributed by atoms with Crippen LogP contribution in [-0.2, 0) is 4.74 Å². The Bertz CT molecular complexity index is 1070. The number of piperazine rings is 1. The van der Waals surface area contributed by atoms with Gasteiger partial charge in [0.05, 0.1) is 10.7 Å². The fraction of sp³-hybridized carbons (Fsp3) is 0.429. The van der Waals surface area contributed by atoms with E-state index in [1.165, 1.54) is 11.8 Å². The van der Waals surface area contributed by atoms with Gasteiger partial charge < -0.3 is 31.0 Å². The Morgan fingerprint density at radius 2 is 1.79 bits per heavy atom. The first-order chi connectivity index (χ1) is 16.0. The van der Waals surface area contributed by atoms with Crippen LogP contribution in [0.15, 0.2) is 23.4 Å². The van der Waals surface area contributed by atoms with Crippen molar-refractivity contribution in [3.05, 3.63) is 28.8 Å². The number of nitrogens with one attached hydrogen (secondary N) is 2. The molecule has 1 aromatic carbocycles. The minimum absolute atomic E-state index is 0.0405. The van der Waals surface area contributed by atoms with Crippen LogP contribution in [0.2, 0.25) is 5.02 Å². The van der Waals surface area contributed by atoms with E-state index >= 15 is 0 Å². The maximum Gasteiger partial charge on any atom is 0.410 e. The SMILES string of the molecule is CSc1nc(NN)c(C(N)=O)c(Nc2ccc(N3CCN(C(=O)OC(C)(C)C)CC3)c(Cl)c2)n1. The lowest BCUT2D eigenvalue weighted by Gasteiger charge is -2.37. The van der Waals surface area contributed by atoms with E-state index in [-0.39, 0.29) is 23.3 Å². The van der Waals surface area contributed by atoms with Gasteiger partial charge in [-0.15, -0.1) is 0 Å². The van der Waals surface area contributed by atoms with Gasteiger partial charge in [0.1, 0.15) is 17.0 Å². The number of hydrazine groups is 1. The average molecular weight is 509 g/mol. The number of halogens is 1. The molecule has 3 rings (SSSR count). The third kappa shape index (κ3) is 6.13. The van der Waals surface area contributed by atoms with Crippen molar-refractivity contribution in [2.75, 3.05) is 48.1 Å². The highest BCUT2D eigenvalue weighted by Crippen LogP contribution is 2.32. The molecule has 1 saturated heterocycles. The molecule has 0 atom stereocenters. The van der Waals surface area contributed by atoms with Gasteiger partial charge in [-0.05, 0) is 45.2 Å². The summed E-state index contributed by atoms with van der Waals surface area (Å²) in [7, 11) is 0. The molecule has 11 nitrogen and oxygen atoms in total. The summed E-state index contributed by atoms with van der Waals surface area (Å²) < 4.78 is 5.45. The minimum Gasteiger partial charge on any atom is -0.444 e. The molecule has 0 bridgehead atoms. The molecule has 6 N–H and O–H groups in total. The molecule has 1 aromatic heterocycles. The molecule has 2 amide bonds. The maximum atomic E-state index is 12.3. The summed E-state index contributed by atoms with van der Waals surface area (Å²) in [5.74, 6) is 5.13. The summed E-state index contributed by atoms with van der Waals surface area (Å²) in [4.78, 5) is 36.6. The van der Waals surface area contributed by atoms with Crippen molar-refractivity contribution in [1.82, 2.24) is 14.9 Å². The second-order valence-corrected chi connectivity index (χ2v) is 9.72. The van der Waals surface area contributed by atoms with E-state index in [1.54, 1.807) is 17.2 Å². The maximum absolute atomic E-state index is 12.3. The van der Waals surface area contributed by atoms with E-state index in [1.807, 2.05) is 32.9 Å². The van der Waals surface area contributed by atoms with Crippen LogP contribution < -0.4 is 27.2 Å². The number of nitrogens with zero attached hydrogens (tertiary/aromatic N) is 4. The van der Waals surface area contributed by atoms with Crippen molar-refractivity contribution in [2.45, 2.75) is 31.5 Å². The summed E-state index contributed by atoms with van der Waals surface area (Å²) in [5, 5.41) is 4.00. The minimum atomic E-state index is -0.728. The predicted octanol–water partition coefficient (Wildman–Crippen LogP) is 3.04. The number of anilines is 4. The number of nitrogens with two attached hydrogens (primary N) is 2. The zero-order valence-corrected chi connectivity index (χ0v) is 21.1. The highest BCUT2D eigenvalue weighted by molar-refractivity contribution is 7.98. The van der Waals surface area contributed by atoms with E-state index in [4.69, 9.17) is 27.9 Å². The molecule has 0 saturated carbocycles. The molecule has 2 heterocycles. The molecule has 0 aliphatic carbocycles. The number of thioether (sulfide) groups is 1. The number of carbonyl (C=O) groups is 2. The predicted molar refractivity (Wildman–Crippen MR) is 135 cm³/mol. The Kier molecular flexibility index (Phi) is 7.95. The highest BCUT2D eigenvalue weighted by Gasteiger charge is 2.27. The molecular formula is C21H29ClN8O3S. The number of benzene rings is 1. The van der Waals surface area contributed by atoms with Crippen LogP contribution in [0.3, 0.4) is 0 Å². The van der Waals surface area contributed by atoms with Crippen LogP contribution >= 0.6 is 23.4 Å². The monoisotopic (exact) mass is 508 g/mol. The lowest BCUT2D eigenvalue weighted by atomic mass is 10.2. The molecule has 0 spiro atoms. The molecular weight excluding hydrogens is 480 g/mol. The van der Waals surface area contributed by atoms with E-state index in [0.717, 1.165) is 5.69 Å². The van der Waals surface area contributed by atoms with Crippen molar-refractivity contribution in [3.63, 3.8) is 0 Å². The Morgan fingerprint density at radius 1 is 1.15 bits per heavy atom. The first-order valence-electron chi connectivity index (χ1n) is 10.5. The van der Waals surface area contributed by atoms with Crippen LogP contribution in [0.25, 0.3) is 0 Å². The van der Waals surface area contributed by atoms with Crippen LogP contribution in [0, 0.1) is 0 Å². The van der Waals surface area contributed by atoms with E-state index in [2.05, 4.69) is 25.6 Å². The summed E-state index contributed by atoms with van der Waals surface area (Å²) in [5.41, 5.74) is 8.87. The number of primary amides is 1. The molecule has 34 heavy (non-hydrogen) atoms. The van der Waals surface area contributed by atoms with Crippen LogP contribution in [0.1, 0.15) is 31.1 Å². The smallest absolute Gasteiger partial charge is 0.410 e. The third-order valence-corrected chi connectivity index (χ3v) is 5.79. The number of hydrogen-bond acceptors (Lipinski definition) is 10. The first-order valence-corrected chi connectivity index (χ1v) is 12.1. The number of nitrogen functional groups attached to an aromatic ring is 1. The largest absolute Gasteiger partial charge is 0.444 e. The van der Waals surface area contributed by atoms with Crippen LogP contribution in [-0.4, -0.2) is 64.9 Å². The van der Waals surface area contributed by atoms with E-state index in [9.17, 15) is 9.59 Å². The molecule has 13 heteroatoms. The number of aromatic nitrogens is 2. The summed E-state index contributed by atoms with van der Waals surface area (Å²) in [6.07, 6.45) is 1.49. The molecule has 184 valence electrons. The number of amides is 2. The molecule has 1 aliphatic heterocycles. The lowest BCUT2D eigenvalue weighted by Crippen LogP contribution is -2.50. The standard InChI is InChI=1S/C21H29ClN8O3S/c1-21(2,3)33-20(32)30-9-7-29(8-10-30)14-6-5-12(11-13(14)22)25-17-15(16(23)31)18(28-24)27-19(26-17)34-4/h5-6,11H,7-10,24H2,1-4H3,(H2,23,31)(H2,25,26,27,28). The average Bonchev–Trinajstić information content (AvgIpc) is 2.77. The topological polar surface area (TPSA) is 152 Å². The Morgan fingerprint density at radius 3 is 2.32 bits per heavy atom. The number of rotatable bonds is 6. The van der Waals surface area contributed by atoms with Crippen LogP contribution in [0.5, 0.6) is 0 Å². The van der Waals surface area contributed by atoms with Crippen molar-refractivity contribution in [1.29, 1.82) is 0 Å². The first kappa shape index (κ1) is 25.7. The summed E-state index contributed by atoms with van der Waals surface area (Å²) in [6, 6.07) is 5.43. The molecule has 1 aliphatic rings. The summed E-state index contributed by atoms with van der Waals surface area (Å²) in [6.45, 7) is 7.83. The van der Waals surface area contributed by atoms with Gasteiger partial charge in [0.15, 0.2) is 11.0 Å². The zero-order chi connectivity index (χ0) is 25.0. The normalized spacial score (nSPS) is 14.1. The van der Waals surface area contributed by atoms with Crippen molar-refractivity contribution in [2.24, 2.45) is 11.6 Å². The van der Waals surface area contributed by atoms with Gasteiger partial charge in [-0.3, -0.25) is 4.79 Å². The number of carbonyl (C=O) groups excluding carboxylic acids is 2. The van der Waals surface area contributed by atoms with Gasteiger partial charge in [0.25, 0.3) is 5.91 Å².